The molecule has 86 valence electrons. The summed E-state index contributed by atoms with van der Waals surface area (Å²) in [5.41, 5.74) is 0.783. The Balaban J connectivity index is 2.08. The van der Waals surface area contributed by atoms with E-state index in [1.165, 1.54) is 6.42 Å². The number of hydrogen-bond donors (Lipinski definition) is 0. The van der Waals surface area contributed by atoms with Crippen molar-refractivity contribution < 1.29 is 4.79 Å². The van der Waals surface area contributed by atoms with Crippen LogP contribution >= 0.6 is 15.9 Å². The average molecular weight is 282 g/mol. The van der Waals surface area contributed by atoms with Crippen molar-refractivity contribution in [3.63, 3.8) is 0 Å². The zero-order chi connectivity index (χ0) is 11.5. The van der Waals surface area contributed by atoms with Crippen molar-refractivity contribution >= 4 is 21.8 Å². The highest BCUT2D eigenvalue weighted by atomic mass is 79.9. The molecule has 1 amide bonds. The molecule has 1 aliphatic rings. The first-order valence-electron chi connectivity index (χ1n) is 5.75. The third kappa shape index (κ3) is 2.46. The minimum atomic E-state index is 0.164. The van der Waals surface area contributed by atoms with E-state index in [1.54, 1.807) is 0 Å². The number of rotatable bonds is 2. The summed E-state index contributed by atoms with van der Waals surface area (Å²) in [5.74, 6) is 0.855. The van der Waals surface area contributed by atoms with Gasteiger partial charge in [0.2, 0.25) is 0 Å². The first-order valence-corrected chi connectivity index (χ1v) is 6.55. The number of carbonyl (C=O) groups is 1. The largest absolute Gasteiger partial charge is 0.338 e. The molecular weight excluding hydrogens is 266 g/mol. The topological polar surface area (TPSA) is 20.3 Å². The van der Waals surface area contributed by atoms with E-state index in [9.17, 15) is 4.79 Å². The molecule has 0 N–H and O–H groups in total. The first-order chi connectivity index (χ1) is 7.70. The highest BCUT2D eigenvalue weighted by Crippen LogP contribution is 2.22. The van der Waals surface area contributed by atoms with Gasteiger partial charge in [-0.3, -0.25) is 4.79 Å². The van der Waals surface area contributed by atoms with E-state index < -0.39 is 0 Å². The van der Waals surface area contributed by atoms with Crippen molar-refractivity contribution in [3.8, 4) is 0 Å². The van der Waals surface area contributed by atoms with Crippen LogP contribution in [-0.2, 0) is 0 Å². The minimum absolute atomic E-state index is 0.164. The van der Waals surface area contributed by atoms with E-state index in [-0.39, 0.29) is 5.91 Å². The molecule has 0 aromatic heterocycles. The van der Waals surface area contributed by atoms with Crippen LogP contribution in [0.4, 0.5) is 0 Å². The second-order valence-corrected chi connectivity index (χ2v) is 5.24. The number of carbonyl (C=O) groups excluding carboxylic acids is 1. The molecule has 16 heavy (non-hydrogen) atoms. The molecule has 1 fully saturated rings. The Bertz CT molecular complexity index is 391. The first kappa shape index (κ1) is 11.6. The van der Waals surface area contributed by atoms with Crippen LogP contribution in [0.2, 0.25) is 0 Å². The van der Waals surface area contributed by atoms with Crippen molar-refractivity contribution in [2.75, 3.05) is 13.1 Å². The van der Waals surface area contributed by atoms with E-state index in [0.29, 0.717) is 5.92 Å². The second-order valence-electron chi connectivity index (χ2n) is 4.32. The van der Waals surface area contributed by atoms with Crippen molar-refractivity contribution in [2.24, 2.45) is 5.92 Å². The standard InChI is InChI=1S/C13H16BrNO/c1-2-10-6-7-15(9-10)13(16)11-4-3-5-12(14)8-11/h3-5,8,10H,2,6-7,9H2,1H3. The fraction of sp³-hybridized carbons (Fsp3) is 0.462. The van der Waals surface area contributed by atoms with Gasteiger partial charge in [-0.05, 0) is 30.5 Å². The summed E-state index contributed by atoms with van der Waals surface area (Å²) < 4.78 is 0.963. The van der Waals surface area contributed by atoms with Gasteiger partial charge in [-0.25, -0.2) is 0 Å². The molecule has 1 aromatic rings. The Kier molecular flexibility index (Phi) is 3.64. The molecule has 1 aromatic carbocycles. The molecule has 2 nitrogen and oxygen atoms in total. The summed E-state index contributed by atoms with van der Waals surface area (Å²) in [4.78, 5) is 14.1. The lowest BCUT2D eigenvalue weighted by Crippen LogP contribution is -2.28. The Morgan fingerprint density at radius 3 is 3.00 bits per heavy atom. The van der Waals surface area contributed by atoms with Gasteiger partial charge < -0.3 is 4.90 Å². The zero-order valence-corrected chi connectivity index (χ0v) is 11.0. The van der Waals surface area contributed by atoms with E-state index in [2.05, 4.69) is 22.9 Å². The van der Waals surface area contributed by atoms with Gasteiger partial charge in [0.15, 0.2) is 0 Å². The Hall–Kier alpha value is -0.830. The SMILES string of the molecule is CCC1CCN(C(=O)c2cccc(Br)c2)C1. The van der Waals surface area contributed by atoms with E-state index in [0.717, 1.165) is 29.5 Å². The van der Waals surface area contributed by atoms with Gasteiger partial charge >= 0.3 is 0 Å². The van der Waals surface area contributed by atoms with Gasteiger partial charge in [0.05, 0.1) is 0 Å². The highest BCUT2D eigenvalue weighted by Gasteiger charge is 2.25. The van der Waals surface area contributed by atoms with Gasteiger partial charge in [0, 0.05) is 23.1 Å². The number of nitrogens with zero attached hydrogens (tertiary/aromatic N) is 1. The van der Waals surface area contributed by atoms with Crippen LogP contribution in [0.5, 0.6) is 0 Å². The van der Waals surface area contributed by atoms with Gasteiger partial charge in [-0.1, -0.05) is 35.3 Å². The molecule has 1 atom stereocenters. The molecule has 1 saturated heterocycles. The van der Waals surface area contributed by atoms with Gasteiger partial charge in [-0.15, -0.1) is 0 Å². The normalized spacial score (nSPS) is 20.1. The van der Waals surface area contributed by atoms with Crippen LogP contribution in [0.1, 0.15) is 30.1 Å². The maximum absolute atomic E-state index is 12.2. The maximum Gasteiger partial charge on any atom is 0.253 e. The molecule has 0 bridgehead atoms. The Morgan fingerprint density at radius 2 is 2.38 bits per heavy atom. The molecule has 0 saturated carbocycles. The van der Waals surface area contributed by atoms with E-state index in [1.807, 2.05) is 29.2 Å². The molecule has 0 spiro atoms. The number of amides is 1. The molecule has 1 aliphatic heterocycles. The van der Waals surface area contributed by atoms with Crippen molar-refractivity contribution in [2.45, 2.75) is 19.8 Å². The highest BCUT2D eigenvalue weighted by molar-refractivity contribution is 9.10. The molecule has 2 rings (SSSR count). The summed E-state index contributed by atoms with van der Waals surface area (Å²) in [6.45, 7) is 4.02. The summed E-state index contributed by atoms with van der Waals surface area (Å²) in [7, 11) is 0. The number of benzene rings is 1. The van der Waals surface area contributed by atoms with Crippen LogP contribution in [-0.4, -0.2) is 23.9 Å². The maximum atomic E-state index is 12.2. The summed E-state index contributed by atoms with van der Waals surface area (Å²) in [6.07, 6.45) is 2.32. The second kappa shape index (κ2) is 5.00. The minimum Gasteiger partial charge on any atom is -0.338 e. The third-order valence-corrected chi connectivity index (χ3v) is 3.72. The van der Waals surface area contributed by atoms with Crippen LogP contribution in [0.15, 0.2) is 28.7 Å². The number of hydrogen-bond acceptors (Lipinski definition) is 1. The monoisotopic (exact) mass is 281 g/mol. The van der Waals surface area contributed by atoms with Crippen LogP contribution < -0.4 is 0 Å². The zero-order valence-electron chi connectivity index (χ0n) is 9.45. The summed E-state index contributed by atoms with van der Waals surface area (Å²) in [6, 6.07) is 7.62. The smallest absolute Gasteiger partial charge is 0.253 e. The summed E-state index contributed by atoms with van der Waals surface area (Å²) in [5, 5.41) is 0. The summed E-state index contributed by atoms with van der Waals surface area (Å²) >= 11 is 3.39. The molecule has 1 heterocycles. The lowest BCUT2D eigenvalue weighted by molar-refractivity contribution is 0.0787. The molecule has 1 unspecified atom stereocenters. The Morgan fingerprint density at radius 1 is 1.56 bits per heavy atom. The van der Waals surface area contributed by atoms with Gasteiger partial charge in [0.1, 0.15) is 0 Å². The number of halogens is 1. The fourth-order valence-electron chi connectivity index (χ4n) is 2.15. The molecule has 0 radical (unpaired) electrons. The Labute approximate surface area is 105 Å². The fourth-order valence-corrected chi connectivity index (χ4v) is 2.55. The van der Waals surface area contributed by atoms with Gasteiger partial charge in [0.25, 0.3) is 5.91 Å². The van der Waals surface area contributed by atoms with E-state index >= 15 is 0 Å². The predicted molar refractivity (Wildman–Crippen MR) is 68.4 cm³/mol. The van der Waals surface area contributed by atoms with Crippen LogP contribution in [0.25, 0.3) is 0 Å². The molecular formula is C13H16BrNO. The van der Waals surface area contributed by atoms with Gasteiger partial charge in [-0.2, -0.15) is 0 Å². The molecule has 0 aliphatic carbocycles. The van der Waals surface area contributed by atoms with Crippen molar-refractivity contribution in [3.05, 3.63) is 34.3 Å². The predicted octanol–water partition coefficient (Wildman–Crippen LogP) is 3.32. The lowest BCUT2D eigenvalue weighted by atomic mass is 10.1. The van der Waals surface area contributed by atoms with Crippen molar-refractivity contribution in [1.82, 2.24) is 4.90 Å². The van der Waals surface area contributed by atoms with E-state index in [4.69, 9.17) is 0 Å². The van der Waals surface area contributed by atoms with Crippen LogP contribution in [0, 0.1) is 5.92 Å². The number of likely N-dealkylation sites (tertiary alicyclic amines) is 1. The quantitative estimate of drug-likeness (QED) is 0.814. The van der Waals surface area contributed by atoms with Crippen LogP contribution in [0.3, 0.4) is 0 Å². The average Bonchev–Trinajstić information content (AvgIpc) is 2.76. The molecule has 3 heteroatoms. The van der Waals surface area contributed by atoms with Crippen molar-refractivity contribution in [1.29, 1.82) is 0 Å². The third-order valence-electron chi connectivity index (χ3n) is 3.22. The lowest BCUT2D eigenvalue weighted by Gasteiger charge is -2.16.